The van der Waals surface area contributed by atoms with Gasteiger partial charge < -0.3 is 5.32 Å². The lowest BCUT2D eigenvalue weighted by Gasteiger charge is -1.98. The third kappa shape index (κ3) is 3.23. The maximum absolute atomic E-state index is 4.42. The molecule has 0 aliphatic heterocycles. The zero-order valence-electron chi connectivity index (χ0n) is 10.1. The number of nitrogens with zero attached hydrogens (tertiary/aromatic N) is 3. The summed E-state index contributed by atoms with van der Waals surface area (Å²) in [4.78, 5) is 4.42. The Kier molecular flexibility index (Phi) is 4.03. The minimum absolute atomic E-state index is 0.757. The van der Waals surface area contributed by atoms with Crippen molar-refractivity contribution >= 4 is 16.5 Å². The van der Waals surface area contributed by atoms with Gasteiger partial charge in [-0.2, -0.15) is 0 Å². The summed E-state index contributed by atoms with van der Waals surface area (Å²) < 4.78 is 0. The Hall–Kier alpha value is -1.49. The first-order valence-corrected chi connectivity index (χ1v) is 6.63. The van der Waals surface area contributed by atoms with Crippen LogP contribution >= 0.6 is 11.3 Å². The fourth-order valence-electron chi connectivity index (χ4n) is 1.47. The van der Waals surface area contributed by atoms with Crippen molar-refractivity contribution in [2.24, 2.45) is 0 Å². The highest BCUT2D eigenvalue weighted by molar-refractivity contribution is 7.15. The second kappa shape index (κ2) is 5.72. The van der Waals surface area contributed by atoms with Crippen LogP contribution in [0.25, 0.3) is 0 Å². The van der Waals surface area contributed by atoms with Crippen molar-refractivity contribution in [2.75, 3.05) is 11.9 Å². The molecule has 0 saturated carbocycles. The van der Waals surface area contributed by atoms with Crippen LogP contribution in [0.4, 0.5) is 5.13 Å². The standard InChI is InChI=1S/C12H16N4S/c1-3-9-5-6-10(14-8-9)7-11-15-16-12(17-11)13-4-2/h5-6,8H,3-4,7H2,1-2H3,(H,13,16). The van der Waals surface area contributed by atoms with Crippen LogP contribution < -0.4 is 5.32 Å². The Bertz CT molecular complexity index is 464. The maximum Gasteiger partial charge on any atom is 0.205 e. The van der Waals surface area contributed by atoms with E-state index >= 15 is 0 Å². The van der Waals surface area contributed by atoms with Crippen LogP contribution in [0.5, 0.6) is 0 Å². The Balaban J connectivity index is 2.03. The van der Waals surface area contributed by atoms with Gasteiger partial charge in [0.2, 0.25) is 5.13 Å². The van der Waals surface area contributed by atoms with E-state index in [-0.39, 0.29) is 0 Å². The molecule has 0 aliphatic rings. The molecule has 0 fully saturated rings. The van der Waals surface area contributed by atoms with Gasteiger partial charge in [0.15, 0.2) is 0 Å². The van der Waals surface area contributed by atoms with Crippen molar-refractivity contribution in [3.8, 4) is 0 Å². The molecular weight excluding hydrogens is 232 g/mol. The van der Waals surface area contributed by atoms with Crippen LogP contribution in [0, 0.1) is 0 Å². The first kappa shape index (κ1) is 12.0. The lowest BCUT2D eigenvalue weighted by atomic mass is 10.2. The maximum atomic E-state index is 4.42. The number of hydrogen-bond acceptors (Lipinski definition) is 5. The topological polar surface area (TPSA) is 50.7 Å². The monoisotopic (exact) mass is 248 g/mol. The molecule has 0 aromatic carbocycles. The van der Waals surface area contributed by atoms with E-state index in [1.165, 1.54) is 5.56 Å². The largest absolute Gasteiger partial charge is 0.360 e. The second-order valence-corrected chi connectivity index (χ2v) is 4.78. The van der Waals surface area contributed by atoms with Crippen LogP contribution in [0.2, 0.25) is 0 Å². The van der Waals surface area contributed by atoms with E-state index in [0.717, 1.165) is 35.2 Å². The van der Waals surface area contributed by atoms with Crippen molar-refractivity contribution in [3.05, 3.63) is 34.6 Å². The minimum Gasteiger partial charge on any atom is -0.360 e. The lowest BCUT2D eigenvalue weighted by Crippen LogP contribution is -1.94. The third-order valence-corrected chi connectivity index (χ3v) is 3.30. The van der Waals surface area contributed by atoms with Crippen molar-refractivity contribution in [1.82, 2.24) is 15.2 Å². The molecule has 0 atom stereocenters. The number of aromatic nitrogens is 3. The molecule has 17 heavy (non-hydrogen) atoms. The van der Waals surface area contributed by atoms with Gasteiger partial charge in [0.05, 0.1) is 0 Å². The van der Waals surface area contributed by atoms with Gasteiger partial charge in [-0.15, -0.1) is 10.2 Å². The highest BCUT2D eigenvalue weighted by Gasteiger charge is 2.05. The Morgan fingerprint density at radius 1 is 1.24 bits per heavy atom. The fourth-order valence-corrected chi connectivity index (χ4v) is 2.29. The van der Waals surface area contributed by atoms with Gasteiger partial charge in [-0.1, -0.05) is 24.3 Å². The number of anilines is 1. The third-order valence-electron chi connectivity index (χ3n) is 2.42. The second-order valence-electron chi connectivity index (χ2n) is 3.72. The summed E-state index contributed by atoms with van der Waals surface area (Å²) in [5.74, 6) is 0. The normalized spacial score (nSPS) is 10.5. The first-order valence-electron chi connectivity index (χ1n) is 5.82. The van der Waals surface area contributed by atoms with Crippen molar-refractivity contribution in [3.63, 3.8) is 0 Å². The summed E-state index contributed by atoms with van der Waals surface area (Å²) in [5, 5.41) is 13.2. The summed E-state index contributed by atoms with van der Waals surface area (Å²) in [6.07, 6.45) is 3.71. The van der Waals surface area contributed by atoms with Gasteiger partial charge >= 0.3 is 0 Å². The smallest absolute Gasteiger partial charge is 0.205 e. The number of hydrogen-bond donors (Lipinski definition) is 1. The van der Waals surface area contributed by atoms with Crippen molar-refractivity contribution in [2.45, 2.75) is 26.7 Å². The zero-order valence-corrected chi connectivity index (χ0v) is 10.9. The zero-order chi connectivity index (χ0) is 12.1. The van der Waals surface area contributed by atoms with Gasteiger partial charge in [-0.3, -0.25) is 4.98 Å². The molecule has 0 unspecified atom stereocenters. The lowest BCUT2D eigenvalue weighted by molar-refractivity contribution is 0.964. The molecule has 0 saturated heterocycles. The summed E-state index contributed by atoms with van der Waals surface area (Å²) in [5.41, 5.74) is 2.31. The molecule has 90 valence electrons. The molecule has 0 aliphatic carbocycles. The molecule has 2 rings (SSSR count). The molecule has 0 radical (unpaired) electrons. The average molecular weight is 248 g/mol. The molecule has 0 spiro atoms. The molecule has 2 heterocycles. The van der Waals surface area contributed by atoms with Gasteiger partial charge in [-0.05, 0) is 25.0 Å². The predicted molar refractivity (Wildman–Crippen MR) is 70.5 cm³/mol. The highest BCUT2D eigenvalue weighted by Crippen LogP contribution is 2.17. The highest BCUT2D eigenvalue weighted by atomic mass is 32.1. The van der Waals surface area contributed by atoms with Gasteiger partial charge in [0.1, 0.15) is 5.01 Å². The van der Waals surface area contributed by atoms with E-state index in [9.17, 15) is 0 Å². The molecule has 2 aromatic rings. The molecular formula is C12H16N4S. The van der Waals surface area contributed by atoms with E-state index in [4.69, 9.17) is 0 Å². The SMILES string of the molecule is CCNc1nnc(Cc2ccc(CC)cn2)s1. The van der Waals surface area contributed by atoms with E-state index < -0.39 is 0 Å². The molecule has 5 heteroatoms. The van der Waals surface area contributed by atoms with Crippen LogP contribution in [0.3, 0.4) is 0 Å². The quantitative estimate of drug-likeness (QED) is 0.883. The summed E-state index contributed by atoms with van der Waals surface area (Å²) in [6.45, 7) is 5.05. The minimum atomic E-state index is 0.757. The molecule has 1 N–H and O–H groups in total. The van der Waals surface area contributed by atoms with Crippen molar-refractivity contribution < 1.29 is 0 Å². The van der Waals surface area contributed by atoms with Crippen LogP contribution in [0.15, 0.2) is 18.3 Å². The average Bonchev–Trinajstić information content (AvgIpc) is 2.78. The predicted octanol–water partition coefficient (Wildman–Crippen LogP) is 2.52. The number of pyridine rings is 1. The molecule has 4 nitrogen and oxygen atoms in total. The molecule has 0 bridgehead atoms. The van der Waals surface area contributed by atoms with Crippen LogP contribution in [-0.4, -0.2) is 21.7 Å². The van der Waals surface area contributed by atoms with Gasteiger partial charge in [0.25, 0.3) is 0 Å². The number of nitrogens with one attached hydrogen (secondary N) is 1. The summed E-state index contributed by atoms with van der Waals surface area (Å²) >= 11 is 1.59. The summed E-state index contributed by atoms with van der Waals surface area (Å²) in [7, 11) is 0. The van der Waals surface area contributed by atoms with Gasteiger partial charge in [-0.25, -0.2) is 0 Å². The Morgan fingerprint density at radius 3 is 2.76 bits per heavy atom. The van der Waals surface area contributed by atoms with Crippen LogP contribution in [-0.2, 0) is 12.8 Å². The van der Waals surface area contributed by atoms with Crippen LogP contribution in [0.1, 0.15) is 30.1 Å². The Morgan fingerprint density at radius 2 is 2.12 bits per heavy atom. The van der Waals surface area contributed by atoms with E-state index in [1.807, 2.05) is 13.1 Å². The number of aryl methyl sites for hydroxylation is 1. The fraction of sp³-hybridized carbons (Fsp3) is 0.417. The molecule has 0 amide bonds. The van der Waals surface area contributed by atoms with Crippen molar-refractivity contribution in [1.29, 1.82) is 0 Å². The summed E-state index contributed by atoms with van der Waals surface area (Å²) in [6, 6.07) is 4.18. The van der Waals surface area contributed by atoms with Gasteiger partial charge in [0, 0.05) is 24.9 Å². The van der Waals surface area contributed by atoms with E-state index in [1.54, 1.807) is 11.3 Å². The van der Waals surface area contributed by atoms with E-state index in [2.05, 4.69) is 39.6 Å². The van der Waals surface area contributed by atoms with E-state index in [0.29, 0.717) is 0 Å². The number of rotatable bonds is 5. The first-order chi connectivity index (χ1) is 8.31. The Labute approximate surface area is 105 Å². The molecule has 2 aromatic heterocycles.